The zero-order chi connectivity index (χ0) is 13.0. The number of nitrogens with one attached hydrogen (secondary N) is 1. The van der Waals surface area contributed by atoms with Gasteiger partial charge in [0.2, 0.25) is 5.91 Å². The maximum Gasteiger partial charge on any atom is 0.239 e. The van der Waals surface area contributed by atoms with E-state index in [0.717, 1.165) is 19.4 Å². The summed E-state index contributed by atoms with van der Waals surface area (Å²) in [6.07, 6.45) is 2.48. The number of ether oxygens (including phenoxy) is 1. The quantitative estimate of drug-likeness (QED) is 0.792. The van der Waals surface area contributed by atoms with Gasteiger partial charge in [0, 0.05) is 25.7 Å². The Balaban J connectivity index is 2.42. The zero-order valence-corrected chi connectivity index (χ0v) is 11.7. The van der Waals surface area contributed by atoms with Gasteiger partial charge in [-0.15, -0.1) is 0 Å². The van der Waals surface area contributed by atoms with Crippen LogP contribution in [0.25, 0.3) is 0 Å². The third-order valence-electron chi connectivity index (χ3n) is 3.53. The van der Waals surface area contributed by atoms with Crippen molar-refractivity contribution in [3.8, 4) is 0 Å². The molecule has 4 nitrogen and oxygen atoms in total. The Kier molecular flexibility index (Phi) is 5.40. The number of likely N-dealkylation sites (N-methyl/N-ethyl adjacent to an activating group) is 1. The molecule has 0 aliphatic carbocycles. The van der Waals surface area contributed by atoms with Gasteiger partial charge in [0.25, 0.3) is 0 Å². The van der Waals surface area contributed by atoms with E-state index >= 15 is 0 Å². The van der Waals surface area contributed by atoms with E-state index in [1.54, 1.807) is 4.90 Å². The molecule has 100 valence electrons. The summed E-state index contributed by atoms with van der Waals surface area (Å²) in [5.74, 6) is 0.143. The van der Waals surface area contributed by atoms with Gasteiger partial charge in [-0.25, -0.2) is 0 Å². The van der Waals surface area contributed by atoms with E-state index in [9.17, 15) is 4.79 Å². The summed E-state index contributed by atoms with van der Waals surface area (Å²) in [5.41, 5.74) is 0. The van der Waals surface area contributed by atoms with Crippen molar-refractivity contribution in [2.45, 2.75) is 64.8 Å². The molecule has 0 aromatic rings. The molecule has 3 atom stereocenters. The molecular weight excluding hydrogens is 216 g/mol. The van der Waals surface area contributed by atoms with Crippen LogP contribution in [0.15, 0.2) is 0 Å². The van der Waals surface area contributed by atoms with Crippen LogP contribution in [0, 0.1) is 0 Å². The Labute approximate surface area is 105 Å². The van der Waals surface area contributed by atoms with E-state index in [-0.39, 0.29) is 30.1 Å². The van der Waals surface area contributed by atoms with Crippen LogP contribution < -0.4 is 5.32 Å². The fourth-order valence-corrected chi connectivity index (χ4v) is 2.13. The maximum absolute atomic E-state index is 12.1. The summed E-state index contributed by atoms with van der Waals surface area (Å²) in [4.78, 5) is 13.8. The molecule has 1 N–H and O–H groups in total. The fraction of sp³-hybridized carbons (Fsp3) is 0.923. The number of hydrogen-bond donors (Lipinski definition) is 1. The minimum Gasteiger partial charge on any atom is -0.377 e. The third kappa shape index (κ3) is 3.96. The van der Waals surface area contributed by atoms with Gasteiger partial charge in [-0.05, 0) is 40.5 Å². The average molecular weight is 242 g/mol. The summed E-state index contributed by atoms with van der Waals surface area (Å²) in [7, 11) is 1.85. The molecule has 4 heteroatoms. The lowest BCUT2D eigenvalue weighted by atomic mass is 10.1. The second kappa shape index (κ2) is 6.36. The van der Waals surface area contributed by atoms with Crippen LogP contribution >= 0.6 is 0 Å². The Hall–Kier alpha value is -0.610. The SMILES string of the molecule is CC(NC(C)C1CCCO1)C(=O)N(C)C(C)C. The summed E-state index contributed by atoms with van der Waals surface area (Å²) in [6, 6.07) is 0.323. The van der Waals surface area contributed by atoms with E-state index < -0.39 is 0 Å². The zero-order valence-electron chi connectivity index (χ0n) is 11.7. The molecule has 1 saturated heterocycles. The van der Waals surface area contributed by atoms with Gasteiger partial charge < -0.3 is 15.0 Å². The Morgan fingerprint density at radius 3 is 2.47 bits per heavy atom. The number of rotatable bonds is 5. The first-order valence-corrected chi connectivity index (χ1v) is 6.57. The van der Waals surface area contributed by atoms with E-state index in [4.69, 9.17) is 4.74 Å². The Morgan fingerprint density at radius 1 is 1.35 bits per heavy atom. The van der Waals surface area contributed by atoms with E-state index in [1.165, 1.54) is 0 Å². The molecule has 0 radical (unpaired) electrons. The van der Waals surface area contributed by atoms with Gasteiger partial charge in [0.15, 0.2) is 0 Å². The molecule has 0 aromatic carbocycles. The van der Waals surface area contributed by atoms with Crippen LogP contribution in [0.1, 0.15) is 40.5 Å². The molecule has 1 aliphatic heterocycles. The van der Waals surface area contributed by atoms with Gasteiger partial charge in [-0.2, -0.15) is 0 Å². The van der Waals surface area contributed by atoms with Crippen molar-refractivity contribution in [2.24, 2.45) is 0 Å². The first kappa shape index (κ1) is 14.5. The summed E-state index contributed by atoms with van der Waals surface area (Å²) in [6.45, 7) is 8.91. The Bertz CT molecular complexity index is 250. The molecular formula is C13H26N2O2. The average Bonchev–Trinajstić information content (AvgIpc) is 2.80. The normalized spacial score (nSPS) is 23.8. The highest BCUT2D eigenvalue weighted by molar-refractivity contribution is 5.81. The largest absolute Gasteiger partial charge is 0.377 e. The molecule has 3 unspecified atom stereocenters. The highest BCUT2D eigenvalue weighted by Gasteiger charge is 2.26. The van der Waals surface area contributed by atoms with Crippen molar-refractivity contribution in [1.82, 2.24) is 10.2 Å². The molecule has 1 rings (SSSR count). The van der Waals surface area contributed by atoms with Gasteiger partial charge in [-0.3, -0.25) is 4.79 Å². The first-order valence-electron chi connectivity index (χ1n) is 6.57. The highest BCUT2D eigenvalue weighted by Crippen LogP contribution is 2.15. The summed E-state index contributed by atoms with van der Waals surface area (Å²) < 4.78 is 5.62. The number of nitrogens with zero attached hydrogens (tertiary/aromatic N) is 1. The number of hydrogen-bond acceptors (Lipinski definition) is 3. The number of amides is 1. The van der Waals surface area contributed by atoms with E-state index in [0.29, 0.717) is 0 Å². The maximum atomic E-state index is 12.1. The van der Waals surface area contributed by atoms with E-state index in [1.807, 2.05) is 27.8 Å². The van der Waals surface area contributed by atoms with Crippen molar-refractivity contribution in [3.05, 3.63) is 0 Å². The van der Waals surface area contributed by atoms with Gasteiger partial charge >= 0.3 is 0 Å². The van der Waals surface area contributed by atoms with Crippen LogP contribution in [0.2, 0.25) is 0 Å². The lowest BCUT2D eigenvalue weighted by molar-refractivity contribution is -0.133. The molecule has 0 bridgehead atoms. The van der Waals surface area contributed by atoms with Crippen LogP contribution in [-0.2, 0) is 9.53 Å². The van der Waals surface area contributed by atoms with Crippen LogP contribution in [0.4, 0.5) is 0 Å². The van der Waals surface area contributed by atoms with Crippen molar-refractivity contribution < 1.29 is 9.53 Å². The molecule has 1 aliphatic rings. The monoisotopic (exact) mass is 242 g/mol. The van der Waals surface area contributed by atoms with Crippen molar-refractivity contribution in [1.29, 1.82) is 0 Å². The van der Waals surface area contributed by atoms with Gasteiger partial charge in [0.1, 0.15) is 0 Å². The van der Waals surface area contributed by atoms with Crippen LogP contribution in [0.5, 0.6) is 0 Å². The standard InChI is InChI=1S/C13H26N2O2/c1-9(2)15(5)13(16)11(4)14-10(3)12-7-6-8-17-12/h9-12,14H,6-8H2,1-5H3. The second-order valence-electron chi connectivity index (χ2n) is 5.27. The molecule has 1 amide bonds. The first-order chi connectivity index (χ1) is 7.93. The Morgan fingerprint density at radius 2 is 2.00 bits per heavy atom. The van der Waals surface area contributed by atoms with Crippen LogP contribution in [0.3, 0.4) is 0 Å². The molecule has 17 heavy (non-hydrogen) atoms. The molecule has 0 saturated carbocycles. The number of carbonyl (C=O) groups excluding carboxylic acids is 1. The van der Waals surface area contributed by atoms with Crippen molar-refractivity contribution in [2.75, 3.05) is 13.7 Å². The molecule has 1 heterocycles. The minimum atomic E-state index is -0.151. The van der Waals surface area contributed by atoms with Crippen molar-refractivity contribution in [3.63, 3.8) is 0 Å². The minimum absolute atomic E-state index is 0.143. The van der Waals surface area contributed by atoms with E-state index in [2.05, 4.69) is 12.2 Å². The predicted molar refractivity (Wildman–Crippen MR) is 68.9 cm³/mol. The van der Waals surface area contributed by atoms with Crippen molar-refractivity contribution >= 4 is 5.91 Å². The van der Waals surface area contributed by atoms with Crippen LogP contribution in [-0.4, -0.2) is 48.7 Å². The highest BCUT2D eigenvalue weighted by atomic mass is 16.5. The fourth-order valence-electron chi connectivity index (χ4n) is 2.13. The molecule has 0 aromatic heterocycles. The lowest BCUT2D eigenvalue weighted by Crippen LogP contribution is -2.51. The lowest BCUT2D eigenvalue weighted by Gasteiger charge is -2.29. The third-order valence-corrected chi connectivity index (χ3v) is 3.53. The molecule has 1 fully saturated rings. The smallest absolute Gasteiger partial charge is 0.239 e. The predicted octanol–water partition coefficient (Wildman–Crippen LogP) is 1.40. The second-order valence-corrected chi connectivity index (χ2v) is 5.27. The van der Waals surface area contributed by atoms with Gasteiger partial charge in [-0.1, -0.05) is 0 Å². The van der Waals surface area contributed by atoms with Gasteiger partial charge in [0.05, 0.1) is 12.1 Å². The summed E-state index contributed by atoms with van der Waals surface area (Å²) in [5, 5.41) is 3.34. The topological polar surface area (TPSA) is 41.6 Å². The summed E-state index contributed by atoms with van der Waals surface area (Å²) >= 11 is 0. The molecule has 0 spiro atoms. The number of carbonyl (C=O) groups is 1.